The van der Waals surface area contributed by atoms with Crippen LogP contribution in [0.2, 0.25) is 15.3 Å². The number of carbonyl (C=O) groups is 1. The number of aliphatic hydroxyl groups is 1. The fraction of sp³-hybridized carbons (Fsp3) is 0.385. The maximum Gasteiger partial charge on any atom is 0.303 e. The van der Waals surface area contributed by atoms with E-state index in [-0.39, 0.29) is 10.3 Å². The summed E-state index contributed by atoms with van der Waals surface area (Å²) in [5.74, 6) is -0.613. The summed E-state index contributed by atoms with van der Waals surface area (Å²) in [5.41, 5.74) is -0.0860. The van der Waals surface area contributed by atoms with Crippen molar-refractivity contribution in [1.29, 1.82) is 0 Å². The molecule has 0 bridgehead atoms. The first-order chi connectivity index (χ1) is 11.3. The van der Waals surface area contributed by atoms with Crippen molar-refractivity contribution >= 4 is 63.8 Å². The average molecular weight is 414 g/mol. The van der Waals surface area contributed by atoms with Crippen molar-refractivity contribution in [3.63, 3.8) is 0 Å². The summed E-state index contributed by atoms with van der Waals surface area (Å²) in [4.78, 5) is 15.5. The van der Waals surface area contributed by atoms with Gasteiger partial charge in [0, 0.05) is 19.0 Å². The molecule has 0 radical (unpaired) electrons. The number of aliphatic hydroxyl groups excluding tert-OH is 1. The van der Waals surface area contributed by atoms with Crippen molar-refractivity contribution in [2.75, 3.05) is 0 Å². The highest BCUT2D eigenvalue weighted by Gasteiger charge is 2.48. The summed E-state index contributed by atoms with van der Waals surface area (Å²) >= 11 is 18.5. The third kappa shape index (κ3) is 3.08. The maximum absolute atomic E-state index is 11.3. The van der Waals surface area contributed by atoms with Crippen molar-refractivity contribution in [1.82, 2.24) is 9.55 Å². The van der Waals surface area contributed by atoms with Crippen molar-refractivity contribution in [3.8, 4) is 0 Å². The number of imidazole rings is 1. The lowest BCUT2D eigenvalue weighted by atomic mass is 10.2. The van der Waals surface area contributed by atoms with Crippen LogP contribution in [0.5, 0.6) is 0 Å². The predicted molar refractivity (Wildman–Crippen MR) is 90.5 cm³/mol. The lowest BCUT2D eigenvalue weighted by Gasteiger charge is -2.22. The molecule has 2 N–H and O–H groups in total. The Labute approximate surface area is 155 Å². The van der Waals surface area contributed by atoms with Gasteiger partial charge in [-0.3, -0.25) is 9.36 Å². The Bertz CT molecular complexity index is 801. The standard InChI is InChI=1S/C13H11Cl3N2O5S/c1-4(19)22-10-9(20)12(24-21)23-11(10)18-8-3-6(15)5(14)2-7(8)17-13(18)16/h2-3,9-12,20-21H,1H3/t9?,10?,11?,12-/m1/s1. The van der Waals surface area contributed by atoms with Gasteiger partial charge in [0.25, 0.3) is 0 Å². The summed E-state index contributed by atoms with van der Waals surface area (Å²) in [6.07, 6.45) is -3.34. The number of hydrogen-bond acceptors (Lipinski definition) is 7. The van der Waals surface area contributed by atoms with E-state index in [1.807, 2.05) is 0 Å². The Hall–Kier alpha value is -0.740. The molecule has 1 saturated heterocycles. The Morgan fingerprint density at radius 3 is 2.67 bits per heavy atom. The minimum absolute atomic E-state index is 0.0290. The van der Waals surface area contributed by atoms with Crippen LogP contribution in [0.1, 0.15) is 13.2 Å². The third-order valence-electron chi connectivity index (χ3n) is 3.52. The van der Waals surface area contributed by atoms with Gasteiger partial charge in [0.05, 0.1) is 21.1 Å². The van der Waals surface area contributed by atoms with Gasteiger partial charge in [-0.2, -0.15) is 0 Å². The van der Waals surface area contributed by atoms with Gasteiger partial charge in [0.2, 0.25) is 5.28 Å². The van der Waals surface area contributed by atoms with Crippen LogP contribution in [0.15, 0.2) is 12.1 Å². The molecular weight excluding hydrogens is 403 g/mol. The van der Waals surface area contributed by atoms with Crippen LogP contribution in [0.4, 0.5) is 0 Å². The highest BCUT2D eigenvalue weighted by Crippen LogP contribution is 2.40. The first-order valence-corrected chi connectivity index (χ1v) is 8.64. The van der Waals surface area contributed by atoms with Crippen molar-refractivity contribution in [3.05, 3.63) is 27.5 Å². The number of benzene rings is 1. The minimum Gasteiger partial charge on any atom is -0.455 e. The highest BCUT2D eigenvalue weighted by atomic mass is 35.5. The molecule has 1 fully saturated rings. The van der Waals surface area contributed by atoms with Gasteiger partial charge in [-0.15, -0.1) is 0 Å². The van der Waals surface area contributed by atoms with E-state index in [0.717, 1.165) is 0 Å². The van der Waals surface area contributed by atoms with E-state index in [1.165, 1.54) is 23.6 Å². The number of rotatable bonds is 3. The highest BCUT2D eigenvalue weighted by molar-refractivity contribution is 7.94. The molecule has 0 aliphatic carbocycles. The SMILES string of the molecule is CC(=O)OC1C(O)[C@@H](SO)OC1n1c(Cl)nc2cc(Cl)c(Cl)cc21. The average Bonchev–Trinajstić information content (AvgIpc) is 2.97. The second kappa shape index (κ2) is 6.87. The van der Waals surface area contributed by atoms with Gasteiger partial charge in [0.15, 0.2) is 17.8 Å². The molecular formula is C13H11Cl3N2O5S. The summed E-state index contributed by atoms with van der Waals surface area (Å²) in [6.45, 7) is 1.20. The first-order valence-electron chi connectivity index (χ1n) is 6.67. The lowest BCUT2D eigenvalue weighted by Crippen LogP contribution is -2.34. The van der Waals surface area contributed by atoms with E-state index in [1.54, 1.807) is 0 Å². The van der Waals surface area contributed by atoms with E-state index >= 15 is 0 Å². The van der Waals surface area contributed by atoms with Crippen LogP contribution in [-0.4, -0.2) is 42.8 Å². The number of aromatic nitrogens is 2. The smallest absolute Gasteiger partial charge is 0.303 e. The molecule has 1 aromatic heterocycles. The second-order valence-corrected chi connectivity index (χ2v) is 6.90. The van der Waals surface area contributed by atoms with E-state index in [2.05, 4.69) is 4.98 Å². The summed E-state index contributed by atoms with van der Waals surface area (Å²) in [7, 11) is 0. The molecule has 24 heavy (non-hydrogen) atoms. The van der Waals surface area contributed by atoms with Crippen LogP contribution >= 0.6 is 46.8 Å². The molecule has 3 rings (SSSR count). The van der Waals surface area contributed by atoms with E-state index in [4.69, 9.17) is 44.3 Å². The fourth-order valence-electron chi connectivity index (χ4n) is 2.54. The van der Waals surface area contributed by atoms with E-state index < -0.39 is 29.8 Å². The second-order valence-electron chi connectivity index (χ2n) is 5.07. The molecule has 1 aliphatic rings. The van der Waals surface area contributed by atoms with Crippen LogP contribution in [0.25, 0.3) is 11.0 Å². The Kier molecular flexibility index (Phi) is 5.17. The number of halogens is 3. The minimum atomic E-state index is -1.26. The molecule has 0 spiro atoms. The largest absolute Gasteiger partial charge is 0.455 e. The number of fused-ring (bicyclic) bond motifs is 1. The molecule has 2 heterocycles. The van der Waals surface area contributed by atoms with Crippen molar-refractivity contribution in [2.24, 2.45) is 0 Å². The quantitative estimate of drug-likeness (QED) is 0.588. The Balaban J connectivity index is 2.12. The van der Waals surface area contributed by atoms with Gasteiger partial charge in [-0.25, -0.2) is 4.98 Å². The van der Waals surface area contributed by atoms with Crippen LogP contribution in [0.3, 0.4) is 0 Å². The van der Waals surface area contributed by atoms with Crippen LogP contribution in [-0.2, 0) is 14.3 Å². The number of nitrogens with zero attached hydrogens (tertiary/aromatic N) is 2. The number of ether oxygens (including phenoxy) is 2. The van der Waals surface area contributed by atoms with Gasteiger partial charge in [0.1, 0.15) is 6.10 Å². The summed E-state index contributed by atoms with van der Waals surface area (Å²) < 4.78 is 21.4. The van der Waals surface area contributed by atoms with Crippen LogP contribution < -0.4 is 0 Å². The fourth-order valence-corrected chi connectivity index (χ4v) is 3.57. The molecule has 7 nitrogen and oxygen atoms in total. The van der Waals surface area contributed by atoms with E-state index in [0.29, 0.717) is 28.1 Å². The van der Waals surface area contributed by atoms with E-state index in [9.17, 15) is 14.5 Å². The van der Waals surface area contributed by atoms with Crippen molar-refractivity contribution in [2.45, 2.75) is 30.8 Å². The van der Waals surface area contributed by atoms with Gasteiger partial charge >= 0.3 is 5.97 Å². The predicted octanol–water partition coefficient (Wildman–Crippen LogP) is 3.35. The van der Waals surface area contributed by atoms with Gasteiger partial charge < -0.3 is 19.1 Å². The monoisotopic (exact) mass is 412 g/mol. The van der Waals surface area contributed by atoms with Gasteiger partial charge in [-0.1, -0.05) is 23.2 Å². The molecule has 130 valence electrons. The number of esters is 1. The normalized spacial score (nSPS) is 26.9. The zero-order valence-corrected chi connectivity index (χ0v) is 15.1. The molecule has 0 saturated carbocycles. The molecule has 2 aromatic rings. The van der Waals surface area contributed by atoms with Crippen molar-refractivity contribution < 1.29 is 23.9 Å². The Morgan fingerprint density at radius 1 is 1.38 bits per heavy atom. The lowest BCUT2D eigenvalue weighted by molar-refractivity contribution is -0.155. The zero-order valence-electron chi connectivity index (χ0n) is 12.0. The number of carbonyl (C=O) groups excluding carboxylic acids is 1. The molecule has 1 aromatic carbocycles. The molecule has 4 atom stereocenters. The zero-order chi connectivity index (χ0) is 17.6. The maximum atomic E-state index is 11.3. The van der Waals surface area contributed by atoms with Gasteiger partial charge in [-0.05, 0) is 23.7 Å². The Morgan fingerprint density at radius 2 is 2.04 bits per heavy atom. The third-order valence-corrected chi connectivity index (χ3v) is 5.11. The summed E-state index contributed by atoms with van der Waals surface area (Å²) in [5, 5.41) is 10.8. The number of hydrogen-bond donors (Lipinski definition) is 2. The summed E-state index contributed by atoms with van der Waals surface area (Å²) in [6, 6.07) is 3.07. The molecule has 1 aliphatic heterocycles. The molecule has 0 amide bonds. The topological polar surface area (TPSA) is 93.8 Å². The molecule has 11 heteroatoms. The van der Waals surface area contributed by atoms with Crippen LogP contribution in [0, 0.1) is 0 Å². The first kappa shape index (κ1) is 18.1. The molecule has 3 unspecified atom stereocenters.